The van der Waals surface area contributed by atoms with Crippen molar-refractivity contribution in [3.05, 3.63) is 51.8 Å². The standard InChI is InChI=1S/C23H27ClN4O3S/c1-14-10-15(4-5-17(14)24)32(30,31)28-8-6-23(7-9-28)16-13-25-27-21(16)26-18-11-22(2,3)12-19(29)20(18)23/h4-5,10,13,21,26H,6-9,11-12H2,1-3H3. The maximum absolute atomic E-state index is 13.3. The Hall–Kier alpha value is -2.03. The number of allylic oxidation sites excluding steroid dienone is 2. The van der Waals surface area contributed by atoms with Crippen molar-refractivity contribution in [1.29, 1.82) is 0 Å². The SMILES string of the molecule is Cc1cc(S(=O)(=O)N2CCC3(CC2)C2=CN=NC2NC2=C3C(=O)CC(C)(C)C2)ccc1Cl. The van der Waals surface area contributed by atoms with Crippen molar-refractivity contribution in [3.8, 4) is 0 Å². The Morgan fingerprint density at radius 1 is 1.19 bits per heavy atom. The zero-order valence-corrected chi connectivity index (χ0v) is 20.1. The first kappa shape index (κ1) is 21.8. The van der Waals surface area contributed by atoms with Crippen molar-refractivity contribution in [2.24, 2.45) is 21.1 Å². The number of rotatable bonds is 2. The van der Waals surface area contributed by atoms with Crippen LogP contribution in [0.15, 0.2) is 56.4 Å². The molecule has 7 nitrogen and oxygen atoms in total. The van der Waals surface area contributed by atoms with Crippen LogP contribution in [0.25, 0.3) is 0 Å². The smallest absolute Gasteiger partial charge is 0.243 e. The van der Waals surface area contributed by atoms with E-state index >= 15 is 0 Å². The average molecular weight is 475 g/mol. The highest BCUT2D eigenvalue weighted by molar-refractivity contribution is 7.89. The molecule has 1 aromatic rings. The Balaban J connectivity index is 1.49. The lowest BCUT2D eigenvalue weighted by Gasteiger charge is -2.50. The van der Waals surface area contributed by atoms with Gasteiger partial charge in [-0.15, -0.1) is 0 Å². The Labute approximate surface area is 193 Å². The summed E-state index contributed by atoms with van der Waals surface area (Å²) in [6.45, 7) is 6.68. The van der Waals surface area contributed by atoms with Gasteiger partial charge < -0.3 is 5.32 Å². The second kappa shape index (κ2) is 7.23. The van der Waals surface area contributed by atoms with Crippen molar-refractivity contribution in [1.82, 2.24) is 9.62 Å². The van der Waals surface area contributed by atoms with Gasteiger partial charge >= 0.3 is 0 Å². The highest BCUT2D eigenvalue weighted by Gasteiger charge is 2.54. The van der Waals surface area contributed by atoms with Gasteiger partial charge in [0, 0.05) is 46.8 Å². The van der Waals surface area contributed by atoms with E-state index in [1.165, 1.54) is 4.31 Å². The molecular formula is C23H27ClN4O3S. The number of aryl methyl sites for hydroxylation is 1. The normalized spacial score (nSPS) is 26.6. The highest BCUT2D eigenvalue weighted by Crippen LogP contribution is 2.55. The van der Waals surface area contributed by atoms with Crippen LogP contribution >= 0.6 is 11.6 Å². The maximum Gasteiger partial charge on any atom is 0.243 e. The molecule has 1 fully saturated rings. The van der Waals surface area contributed by atoms with Crippen molar-refractivity contribution < 1.29 is 13.2 Å². The van der Waals surface area contributed by atoms with Gasteiger partial charge in [0.1, 0.15) is 0 Å². The van der Waals surface area contributed by atoms with E-state index in [-0.39, 0.29) is 22.3 Å². The molecule has 32 heavy (non-hydrogen) atoms. The van der Waals surface area contributed by atoms with Crippen LogP contribution in [-0.2, 0) is 14.8 Å². The van der Waals surface area contributed by atoms with E-state index in [2.05, 4.69) is 29.4 Å². The summed E-state index contributed by atoms with van der Waals surface area (Å²) in [5.41, 5.74) is 2.88. The van der Waals surface area contributed by atoms with Gasteiger partial charge in [-0.25, -0.2) is 8.42 Å². The fraction of sp³-hybridized carbons (Fsp3) is 0.522. The molecule has 0 saturated carbocycles. The molecule has 170 valence electrons. The largest absolute Gasteiger partial charge is 0.362 e. The minimum absolute atomic E-state index is 0.114. The second-order valence-electron chi connectivity index (χ2n) is 10.1. The topological polar surface area (TPSA) is 91.2 Å². The number of hydrogen-bond acceptors (Lipinski definition) is 6. The van der Waals surface area contributed by atoms with Gasteiger partial charge in [-0.3, -0.25) is 4.79 Å². The number of nitrogens with one attached hydrogen (secondary N) is 1. The number of fused-ring (bicyclic) bond motifs is 3. The van der Waals surface area contributed by atoms with Crippen molar-refractivity contribution in [3.63, 3.8) is 0 Å². The number of ketones is 1. The molecule has 1 N–H and O–H groups in total. The molecule has 9 heteroatoms. The number of halogens is 1. The highest BCUT2D eigenvalue weighted by atomic mass is 35.5. The predicted octanol–water partition coefficient (Wildman–Crippen LogP) is 4.34. The third-order valence-electron chi connectivity index (χ3n) is 7.23. The number of piperidine rings is 1. The van der Waals surface area contributed by atoms with Crippen molar-refractivity contribution in [2.75, 3.05) is 13.1 Å². The Kier molecular flexibility index (Phi) is 4.93. The summed E-state index contributed by atoms with van der Waals surface area (Å²) >= 11 is 6.09. The maximum atomic E-state index is 13.3. The first-order valence-electron chi connectivity index (χ1n) is 10.9. The molecule has 0 bridgehead atoms. The predicted molar refractivity (Wildman–Crippen MR) is 122 cm³/mol. The minimum atomic E-state index is -3.65. The first-order valence-corrected chi connectivity index (χ1v) is 12.8. The lowest BCUT2D eigenvalue weighted by molar-refractivity contribution is -0.119. The molecule has 1 spiro atoms. The molecule has 3 aliphatic heterocycles. The summed E-state index contributed by atoms with van der Waals surface area (Å²) in [7, 11) is -3.65. The summed E-state index contributed by atoms with van der Waals surface area (Å²) in [5.74, 6) is 0.152. The van der Waals surface area contributed by atoms with Crippen molar-refractivity contribution >= 4 is 27.4 Å². The van der Waals surface area contributed by atoms with Gasteiger partial charge in [0.05, 0.1) is 11.1 Å². The summed E-state index contributed by atoms with van der Waals surface area (Å²) in [6, 6.07) is 4.80. The van der Waals surface area contributed by atoms with Crippen molar-refractivity contribution in [2.45, 2.75) is 57.5 Å². The summed E-state index contributed by atoms with van der Waals surface area (Å²) < 4.78 is 28.2. The number of azo groups is 1. The van der Waals surface area contributed by atoms with Crippen LogP contribution in [0.3, 0.4) is 0 Å². The Morgan fingerprint density at radius 2 is 1.91 bits per heavy atom. The van der Waals surface area contributed by atoms with Gasteiger partial charge in [0.25, 0.3) is 0 Å². The van der Waals surface area contributed by atoms with Crippen LogP contribution in [0, 0.1) is 17.8 Å². The average Bonchev–Trinajstić information content (AvgIpc) is 3.18. The Morgan fingerprint density at radius 3 is 2.59 bits per heavy atom. The van der Waals surface area contributed by atoms with Gasteiger partial charge in [0.2, 0.25) is 10.0 Å². The molecule has 5 rings (SSSR count). The zero-order valence-electron chi connectivity index (χ0n) is 18.5. The fourth-order valence-electron chi connectivity index (χ4n) is 5.67. The number of hydrogen-bond donors (Lipinski definition) is 1. The van der Waals surface area contributed by atoms with E-state index in [4.69, 9.17) is 11.6 Å². The third kappa shape index (κ3) is 3.26. The molecule has 0 amide bonds. The molecule has 1 atom stereocenters. The molecule has 3 heterocycles. The minimum Gasteiger partial charge on any atom is -0.362 e. The lowest BCUT2D eigenvalue weighted by Crippen LogP contribution is -2.54. The molecule has 1 aliphatic carbocycles. The molecule has 0 aromatic heterocycles. The second-order valence-corrected chi connectivity index (χ2v) is 12.4. The molecular weight excluding hydrogens is 448 g/mol. The van der Waals surface area contributed by atoms with E-state index in [0.29, 0.717) is 37.4 Å². The molecule has 1 aromatic carbocycles. The van der Waals surface area contributed by atoms with E-state index < -0.39 is 15.4 Å². The molecule has 1 saturated heterocycles. The zero-order chi connectivity index (χ0) is 22.9. The fourth-order valence-corrected chi connectivity index (χ4v) is 7.31. The number of benzene rings is 1. The molecule has 1 unspecified atom stereocenters. The summed E-state index contributed by atoms with van der Waals surface area (Å²) in [5, 5.41) is 12.5. The van der Waals surface area contributed by atoms with Crippen LogP contribution in [0.5, 0.6) is 0 Å². The van der Waals surface area contributed by atoms with Gasteiger partial charge in [-0.05, 0) is 55.4 Å². The van der Waals surface area contributed by atoms with Crippen LogP contribution in [0.4, 0.5) is 0 Å². The first-order chi connectivity index (χ1) is 15.0. The van der Waals surface area contributed by atoms with Crippen LogP contribution in [0.2, 0.25) is 5.02 Å². The van der Waals surface area contributed by atoms with Crippen LogP contribution < -0.4 is 5.32 Å². The summed E-state index contributed by atoms with van der Waals surface area (Å²) in [6.07, 6.45) is 3.85. The number of sulfonamides is 1. The van der Waals surface area contributed by atoms with Gasteiger partial charge in [-0.2, -0.15) is 14.5 Å². The van der Waals surface area contributed by atoms with E-state index in [0.717, 1.165) is 28.8 Å². The number of nitrogens with zero attached hydrogens (tertiary/aromatic N) is 3. The van der Waals surface area contributed by atoms with E-state index in [1.807, 2.05) is 0 Å². The number of carbonyl (C=O) groups excluding carboxylic acids is 1. The Bertz CT molecular complexity index is 1210. The number of Topliss-reactive ketones (excluding diaryl/α,β-unsaturated/α-hetero) is 1. The summed E-state index contributed by atoms with van der Waals surface area (Å²) in [4.78, 5) is 13.6. The van der Waals surface area contributed by atoms with Crippen LogP contribution in [-0.4, -0.2) is 37.8 Å². The third-order valence-corrected chi connectivity index (χ3v) is 9.55. The van der Waals surface area contributed by atoms with Crippen LogP contribution in [0.1, 0.15) is 45.1 Å². The van der Waals surface area contributed by atoms with Gasteiger partial charge in [-0.1, -0.05) is 25.4 Å². The monoisotopic (exact) mass is 474 g/mol. The van der Waals surface area contributed by atoms with E-state index in [1.54, 1.807) is 31.3 Å². The lowest BCUT2D eigenvalue weighted by atomic mass is 9.59. The molecule has 4 aliphatic rings. The van der Waals surface area contributed by atoms with E-state index in [9.17, 15) is 13.2 Å². The molecule has 0 radical (unpaired) electrons. The number of carbonyl (C=O) groups is 1. The quantitative estimate of drug-likeness (QED) is 0.690. The van der Waals surface area contributed by atoms with Gasteiger partial charge in [0.15, 0.2) is 11.9 Å².